The Morgan fingerprint density at radius 1 is 1.07 bits per heavy atom. The molecule has 0 saturated carbocycles. The van der Waals surface area contributed by atoms with E-state index in [4.69, 9.17) is 4.74 Å². The second-order valence-corrected chi connectivity index (χ2v) is 7.28. The van der Waals surface area contributed by atoms with Gasteiger partial charge in [0.2, 0.25) is 0 Å². The molecule has 0 bridgehead atoms. The lowest BCUT2D eigenvalue weighted by Crippen LogP contribution is -2.41. The van der Waals surface area contributed by atoms with E-state index in [9.17, 15) is 18.8 Å². The molecule has 1 saturated heterocycles. The Bertz CT molecular complexity index is 1190. The Morgan fingerprint density at radius 2 is 1.80 bits per heavy atom. The molecule has 1 N–H and O–H groups in total. The van der Waals surface area contributed by atoms with E-state index in [0.717, 1.165) is 21.7 Å². The fourth-order valence-corrected chi connectivity index (χ4v) is 3.61. The molecule has 4 rings (SSSR count). The molecule has 1 aliphatic heterocycles. The molecule has 3 aromatic rings. The van der Waals surface area contributed by atoms with Gasteiger partial charge in [-0.3, -0.25) is 14.5 Å². The third kappa shape index (κ3) is 3.18. The molecule has 6 nitrogen and oxygen atoms in total. The van der Waals surface area contributed by atoms with Crippen LogP contribution in [0.3, 0.4) is 0 Å². The van der Waals surface area contributed by atoms with E-state index in [1.54, 1.807) is 13.0 Å². The largest absolute Gasteiger partial charge is 0.494 e. The highest BCUT2D eigenvalue weighted by Crippen LogP contribution is 2.31. The van der Waals surface area contributed by atoms with Gasteiger partial charge in [-0.2, -0.15) is 0 Å². The number of hydrogen-bond acceptors (Lipinski definition) is 4. The number of hydrogen-bond donors (Lipinski definition) is 1. The Kier molecular flexibility index (Phi) is 4.73. The molecule has 0 aliphatic carbocycles. The van der Waals surface area contributed by atoms with Crippen LogP contribution in [-0.2, 0) is 10.3 Å². The minimum atomic E-state index is -1.30. The van der Waals surface area contributed by atoms with Crippen molar-refractivity contribution in [3.05, 3.63) is 77.6 Å². The van der Waals surface area contributed by atoms with Gasteiger partial charge in [0.05, 0.1) is 13.7 Å². The van der Waals surface area contributed by atoms with Gasteiger partial charge in [-0.25, -0.2) is 9.18 Å². The van der Waals surface area contributed by atoms with E-state index in [0.29, 0.717) is 5.56 Å². The van der Waals surface area contributed by atoms with Crippen LogP contribution in [-0.4, -0.2) is 36.3 Å². The molecule has 152 valence electrons. The van der Waals surface area contributed by atoms with Gasteiger partial charge in [0.15, 0.2) is 17.3 Å². The van der Waals surface area contributed by atoms with Gasteiger partial charge in [-0.1, -0.05) is 36.4 Å². The van der Waals surface area contributed by atoms with Crippen molar-refractivity contribution in [1.29, 1.82) is 0 Å². The predicted molar refractivity (Wildman–Crippen MR) is 109 cm³/mol. The van der Waals surface area contributed by atoms with Crippen molar-refractivity contribution in [1.82, 2.24) is 10.2 Å². The molecule has 1 fully saturated rings. The molecule has 0 aromatic heterocycles. The fourth-order valence-electron chi connectivity index (χ4n) is 3.61. The van der Waals surface area contributed by atoms with Crippen molar-refractivity contribution in [3.8, 4) is 5.75 Å². The van der Waals surface area contributed by atoms with Gasteiger partial charge in [0.1, 0.15) is 5.54 Å². The lowest BCUT2D eigenvalue weighted by Gasteiger charge is -2.22. The van der Waals surface area contributed by atoms with Gasteiger partial charge in [0.25, 0.3) is 5.91 Å². The first-order chi connectivity index (χ1) is 14.3. The zero-order valence-corrected chi connectivity index (χ0v) is 16.4. The van der Waals surface area contributed by atoms with E-state index in [2.05, 4.69) is 5.32 Å². The van der Waals surface area contributed by atoms with Crippen molar-refractivity contribution >= 4 is 28.5 Å². The Labute approximate surface area is 172 Å². The number of urea groups is 1. The smallest absolute Gasteiger partial charge is 0.325 e. The third-order valence-corrected chi connectivity index (χ3v) is 5.38. The number of nitrogens with one attached hydrogen (secondary N) is 1. The van der Waals surface area contributed by atoms with Crippen LogP contribution in [0.5, 0.6) is 5.75 Å². The first-order valence-corrected chi connectivity index (χ1v) is 9.33. The fraction of sp³-hybridized carbons (Fsp3) is 0.174. The van der Waals surface area contributed by atoms with Crippen molar-refractivity contribution in [2.75, 3.05) is 13.7 Å². The molecule has 30 heavy (non-hydrogen) atoms. The lowest BCUT2D eigenvalue weighted by atomic mass is 9.90. The minimum absolute atomic E-state index is 0.00502. The van der Waals surface area contributed by atoms with Gasteiger partial charge in [0, 0.05) is 5.56 Å². The van der Waals surface area contributed by atoms with E-state index in [1.807, 2.05) is 36.4 Å². The summed E-state index contributed by atoms with van der Waals surface area (Å²) in [6, 6.07) is 16.3. The number of Topliss-reactive ketones (excluding diaryl/α,β-unsaturated/α-hetero) is 1. The highest BCUT2D eigenvalue weighted by atomic mass is 19.1. The summed E-state index contributed by atoms with van der Waals surface area (Å²) in [6.07, 6.45) is 0. The molecular weight excluding hydrogens is 387 g/mol. The number of methoxy groups -OCH3 is 1. The van der Waals surface area contributed by atoms with Crippen molar-refractivity contribution in [2.45, 2.75) is 12.5 Å². The number of imide groups is 1. The van der Waals surface area contributed by atoms with Crippen LogP contribution in [0.2, 0.25) is 0 Å². The number of ketones is 1. The molecule has 1 heterocycles. The maximum absolute atomic E-state index is 13.9. The summed E-state index contributed by atoms with van der Waals surface area (Å²) in [5, 5.41) is 4.63. The van der Waals surface area contributed by atoms with Crippen LogP contribution in [0, 0.1) is 5.82 Å². The number of carbonyl (C=O) groups is 3. The highest BCUT2D eigenvalue weighted by molar-refractivity contribution is 6.11. The van der Waals surface area contributed by atoms with E-state index in [-0.39, 0.29) is 11.3 Å². The minimum Gasteiger partial charge on any atom is -0.494 e. The van der Waals surface area contributed by atoms with Crippen LogP contribution in [0.25, 0.3) is 10.8 Å². The Hall–Kier alpha value is -3.74. The van der Waals surface area contributed by atoms with Crippen molar-refractivity contribution in [3.63, 3.8) is 0 Å². The lowest BCUT2D eigenvalue weighted by molar-refractivity contribution is -0.130. The predicted octanol–water partition coefficient (Wildman–Crippen LogP) is 3.64. The molecular formula is C23H19FN2O4. The molecule has 0 radical (unpaired) electrons. The first kappa shape index (κ1) is 19.6. The zero-order valence-electron chi connectivity index (χ0n) is 16.4. The van der Waals surface area contributed by atoms with E-state index in [1.165, 1.54) is 19.2 Å². The second kappa shape index (κ2) is 7.26. The zero-order chi connectivity index (χ0) is 21.5. The van der Waals surface area contributed by atoms with Gasteiger partial charge in [-0.15, -0.1) is 0 Å². The number of fused-ring (bicyclic) bond motifs is 1. The van der Waals surface area contributed by atoms with Crippen LogP contribution < -0.4 is 10.1 Å². The molecule has 0 spiro atoms. The molecule has 3 aromatic carbocycles. The normalized spacial score (nSPS) is 18.6. The average molecular weight is 406 g/mol. The van der Waals surface area contributed by atoms with E-state index >= 15 is 0 Å². The van der Waals surface area contributed by atoms with Crippen molar-refractivity contribution < 1.29 is 23.5 Å². The van der Waals surface area contributed by atoms with Crippen LogP contribution >= 0.6 is 0 Å². The summed E-state index contributed by atoms with van der Waals surface area (Å²) in [5.74, 6) is -1.78. The maximum atomic E-state index is 13.9. The van der Waals surface area contributed by atoms with Gasteiger partial charge in [-0.05, 0) is 47.5 Å². The second-order valence-electron chi connectivity index (χ2n) is 7.28. The monoisotopic (exact) mass is 406 g/mol. The first-order valence-electron chi connectivity index (χ1n) is 9.33. The maximum Gasteiger partial charge on any atom is 0.325 e. The third-order valence-electron chi connectivity index (χ3n) is 5.38. The van der Waals surface area contributed by atoms with Crippen LogP contribution in [0.15, 0.2) is 60.7 Å². The number of halogens is 1. The van der Waals surface area contributed by atoms with Gasteiger partial charge >= 0.3 is 6.03 Å². The molecule has 1 aliphatic rings. The number of amides is 3. The van der Waals surface area contributed by atoms with Crippen LogP contribution in [0.1, 0.15) is 22.8 Å². The standard InChI is InChI=1S/C23H19FN2O4/c1-23(17-9-7-14-5-3-4-6-15(14)11-17)21(28)26(22(29)25-23)13-19(27)16-8-10-20(30-2)18(24)12-16/h3-12H,13H2,1-2H3,(H,25,29)/t23-/m0/s1. The molecule has 7 heteroatoms. The van der Waals surface area contributed by atoms with Crippen molar-refractivity contribution in [2.24, 2.45) is 0 Å². The molecule has 1 atom stereocenters. The quantitative estimate of drug-likeness (QED) is 0.519. The average Bonchev–Trinajstić information content (AvgIpc) is 2.97. The summed E-state index contributed by atoms with van der Waals surface area (Å²) in [5.41, 5.74) is -0.634. The number of benzene rings is 3. The Morgan fingerprint density at radius 3 is 2.50 bits per heavy atom. The number of ether oxygens (including phenoxy) is 1. The van der Waals surface area contributed by atoms with Gasteiger partial charge < -0.3 is 10.1 Å². The number of carbonyl (C=O) groups excluding carboxylic acids is 3. The summed E-state index contributed by atoms with van der Waals surface area (Å²) in [4.78, 5) is 39.1. The topological polar surface area (TPSA) is 75.7 Å². The van der Waals surface area contributed by atoms with Crippen LogP contribution in [0.4, 0.5) is 9.18 Å². The molecule has 0 unspecified atom stereocenters. The highest BCUT2D eigenvalue weighted by Gasteiger charge is 2.49. The summed E-state index contributed by atoms with van der Waals surface area (Å²) < 4.78 is 18.8. The number of rotatable bonds is 5. The number of nitrogens with zero attached hydrogens (tertiary/aromatic N) is 1. The molecule has 3 amide bonds. The van der Waals surface area contributed by atoms with E-state index < -0.39 is 35.6 Å². The summed E-state index contributed by atoms with van der Waals surface area (Å²) in [7, 11) is 1.32. The Balaban J connectivity index is 1.60. The summed E-state index contributed by atoms with van der Waals surface area (Å²) >= 11 is 0. The summed E-state index contributed by atoms with van der Waals surface area (Å²) in [6.45, 7) is 1.12. The SMILES string of the molecule is COc1ccc(C(=O)CN2C(=O)N[C@@](C)(c3ccc4ccccc4c3)C2=O)cc1F.